The van der Waals surface area contributed by atoms with Crippen molar-refractivity contribution in [1.29, 1.82) is 0 Å². The van der Waals surface area contributed by atoms with Gasteiger partial charge < -0.3 is 10.3 Å². The van der Waals surface area contributed by atoms with Crippen molar-refractivity contribution in [3.8, 4) is 0 Å². The number of benzene rings is 1. The van der Waals surface area contributed by atoms with Gasteiger partial charge in [-0.3, -0.25) is 9.69 Å². The summed E-state index contributed by atoms with van der Waals surface area (Å²) in [6, 6.07) is 8.73. The topological polar surface area (TPSA) is 73.9 Å². The molecule has 2 N–H and O–H groups in total. The largest absolute Gasteiger partial charge is 0.361 e. The van der Waals surface area contributed by atoms with Crippen LogP contribution in [0.2, 0.25) is 0 Å². The highest BCUT2D eigenvalue weighted by molar-refractivity contribution is 5.91. The Morgan fingerprint density at radius 3 is 2.75 bits per heavy atom. The van der Waals surface area contributed by atoms with Crippen molar-refractivity contribution < 1.29 is 4.79 Å². The number of H-pyrrole nitrogens is 1. The summed E-state index contributed by atoms with van der Waals surface area (Å²) < 4.78 is 0. The Labute approximate surface area is 213 Å². The maximum atomic E-state index is 13.4. The standard InChI is InChI=1S/C30H37N5O/c1-28-10-21-11-29(2,16-28)18-30(12-21,17-28)13-26(36)34-27-23-6-8-35(15-25(23)32-19-33-27)14-20-3-4-22-5-7-31-24(22)9-20/h3-5,7,9,19,21,31H,6,8,10-18H2,1-2H3,(H,32,33,34,36). The van der Waals surface area contributed by atoms with E-state index in [2.05, 4.69) is 63.3 Å². The lowest BCUT2D eigenvalue weighted by atomic mass is 9.40. The molecule has 2 aromatic heterocycles. The first-order chi connectivity index (χ1) is 17.3. The number of hydrogen-bond acceptors (Lipinski definition) is 4. The fraction of sp³-hybridized carbons (Fsp3) is 0.567. The first-order valence-corrected chi connectivity index (χ1v) is 13.7. The highest BCUT2D eigenvalue weighted by atomic mass is 16.1. The fourth-order valence-corrected chi connectivity index (χ4v) is 9.50. The second-order valence-electron chi connectivity index (χ2n) is 13.4. The van der Waals surface area contributed by atoms with Gasteiger partial charge in [-0.25, -0.2) is 9.97 Å². The lowest BCUT2D eigenvalue weighted by Crippen LogP contribution is -2.55. The SMILES string of the molecule is CC12CC3CC(C)(C1)CC(CC(=O)Nc1ncnc4c1CCN(Cc1ccc5cc[nH]c5c1)C4)(C3)C2. The summed E-state index contributed by atoms with van der Waals surface area (Å²) in [5, 5.41) is 4.48. The molecule has 4 bridgehead atoms. The predicted octanol–water partition coefficient (Wildman–Crippen LogP) is 5.84. The number of nitrogens with one attached hydrogen (secondary N) is 2. The third-order valence-corrected chi connectivity index (χ3v) is 9.65. The van der Waals surface area contributed by atoms with Gasteiger partial charge in [0.05, 0.1) is 5.69 Å². The summed E-state index contributed by atoms with van der Waals surface area (Å²) in [4.78, 5) is 28.3. The molecule has 4 saturated carbocycles. The molecule has 3 aromatic rings. The molecule has 1 aromatic carbocycles. The Morgan fingerprint density at radius 2 is 1.94 bits per heavy atom. The van der Waals surface area contributed by atoms with Gasteiger partial charge in [0.2, 0.25) is 5.91 Å². The van der Waals surface area contributed by atoms with Crippen LogP contribution in [0.4, 0.5) is 5.82 Å². The van der Waals surface area contributed by atoms with Crippen molar-refractivity contribution in [3.63, 3.8) is 0 Å². The number of aromatic nitrogens is 3. The zero-order chi connectivity index (χ0) is 24.5. The maximum absolute atomic E-state index is 13.4. The predicted molar refractivity (Wildman–Crippen MR) is 141 cm³/mol. The first kappa shape index (κ1) is 22.5. The lowest BCUT2D eigenvalue weighted by molar-refractivity contribution is -0.153. The molecule has 1 aliphatic heterocycles. The molecular weight excluding hydrogens is 446 g/mol. The second-order valence-corrected chi connectivity index (χ2v) is 13.4. The van der Waals surface area contributed by atoms with E-state index in [0.717, 1.165) is 49.0 Å². The lowest BCUT2D eigenvalue weighted by Gasteiger charge is -2.65. The van der Waals surface area contributed by atoms with Gasteiger partial charge in [0, 0.05) is 43.3 Å². The van der Waals surface area contributed by atoms with Gasteiger partial charge in [0.1, 0.15) is 12.1 Å². The molecule has 5 aliphatic rings. The van der Waals surface area contributed by atoms with Crippen molar-refractivity contribution in [2.45, 2.75) is 78.3 Å². The molecule has 0 saturated heterocycles. The minimum Gasteiger partial charge on any atom is -0.361 e. The van der Waals surface area contributed by atoms with Crippen LogP contribution in [0.5, 0.6) is 0 Å². The Balaban J connectivity index is 1.04. The Kier molecular flexibility index (Phi) is 4.92. The average molecular weight is 484 g/mol. The van der Waals surface area contributed by atoms with Crippen LogP contribution in [0.15, 0.2) is 36.8 Å². The van der Waals surface area contributed by atoms with E-state index >= 15 is 0 Å². The van der Waals surface area contributed by atoms with Crippen LogP contribution in [0.1, 0.15) is 75.6 Å². The molecule has 3 heterocycles. The summed E-state index contributed by atoms with van der Waals surface area (Å²) in [5.41, 5.74) is 5.67. The molecule has 6 heteroatoms. The second kappa shape index (κ2) is 7.88. The minimum atomic E-state index is 0.145. The number of amides is 1. The smallest absolute Gasteiger partial charge is 0.226 e. The zero-order valence-electron chi connectivity index (χ0n) is 21.6. The molecule has 4 fully saturated rings. The van der Waals surface area contributed by atoms with E-state index in [9.17, 15) is 4.79 Å². The van der Waals surface area contributed by atoms with Crippen molar-refractivity contribution in [1.82, 2.24) is 19.9 Å². The van der Waals surface area contributed by atoms with Crippen LogP contribution in [-0.4, -0.2) is 32.3 Å². The Bertz CT molecular complexity index is 1330. The summed E-state index contributed by atoms with van der Waals surface area (Å²) in [6.07, 6.45) is 12.8. The van der Waals surface area contributed by atoms with Crippen molar-refractivity contribution >= 4 is 22.6 Å². The Morgan fingerprint density at radius 1 is 1.11 bits per heavy atom. The van der Waals surface area contributed by atoms with Gasteiger partial charge in [-0.05, 0) is 90.2 Å². The Hall–Kier alpha value is -2.73. The van der Waals surface area contributed by atoms with E-state index in [-0.39, 0.29) is 11.3 Å². The highest BCUT2D eigenvalue weighted by Gasteiger charge is 2.60. The van der Waals surface area contributed by atoms with E-state index in [0.29, 0.717) is 17.3 Å². The molecule has 2 unspecified atom stereocenters. The number of hydrogen-bond donors (Lipinski definition) is 2. The monoisotopic (exact) mass is 483 g/mol. The molecular formula is C30H37N5O. The molecule has 6 nitrogen and oxygen atoms in total. The minimum absolute atomic E-state index is 0.145. The van der Waals surface area contributed by atoms with Crippen LogP contribution >= 0.6 is 0 Å². The summed E-state index contributed by atoms with van der Waals surface area (Å²) in [7, 11) is 0. The number of aromatic amines is 1. The van der Waals surface area contributed by atoms with Crippen molar-refractivity contribution in [2.75, 3.05) is 11.9 Å². The average Bonchev–Trinajstić information content (AvgIpc) is 3.24. The summed E-state index contributed by atoms with van der Waals surface area (Å²) >= 11 is 0. The van der Waals surface area contributed by atoms with Gasteiger partial charge >= 0.3 is 0 Å². The van der Waals surface area contributed by atoms with Crippen LogP contribution in [0, 0.1) is 22.2 Å². The summed E-state index contributed by atoms with van der Waals surface area (Å²) in [6.45, 7) is 7.57. The molecule has 4 aliphatic carbocycles. The van der Waals surface area contributed by atoms with E-state index in [4.69, 9.17) is 0 Å². The molecule has 0 radical (unpaired) electrons. The quantitative estimate of drug-likeness (QED) is 0.478. The van der Waals surface area contributed by atoms with E-state index in [1.165, 1.54) is 55.0 Å². The van der Waals surface area contributed by atoms with E-state index in [1.54, 1.807) is 6.33 Å². The number of fused-ring (bicyclic) bond motifs is 2. The highest BCUT2D eigenvalue weighted by Crippen LogP contribution is 2.70. The van der Waals surface area contributed by atoms with Gasteiger partial charge in [0.15, 0.2) is 0 Å². The number of carbonyl (C=O) groups is 1. The van der Waals surface area contributed by atoms with Crippen LogP contribution in [-0.2, 0) is 24.3 Å². The molecule has 0 spiro atoms. The van der Waals surface area contributed by atoms with Crippen LogP contribution < -0.4 is 5.32 Å². The van der Waals surface area contributed by atoms with Gasteiger partial charge in [-0.2, -0.15) is 0 Å². The molecule has 36 heavy (non-hydrogen) atoms. The molecule has 2 atom stereocenters. The number of carbonyl (C=O) groups excluding carboxylic acids is 1. The normalized spacial score (nSPS) is 33.1. The third kappa shape index (κ3) is 3.94. The number of nitrogens with zero attached hydrogens (tertiary/aromatic N) is 3. The summed E-state index contributed by atoms with van der Waals surface area (Å²) in [5.74, 6) is 1.69. The maximum Gasteiger partial charge on any atom is 0.226 e. The van der Waals surface area contributed by atoms with Crippen molar-refractivity contribution in [3.05, 3.63) is 53.6 Å². The van der Waals surface area contributed by atoms with E-state index in [1.807, 2.05) is 6.20 Å². The fourth-order valence-electron chi connectivity index (χ4n) is 9.50. The van der Waals surface area contributed by atoms with E-state index < -0.39 is 0 Å². The third-order valence-electron chi connectivity index (χ3n) is 9.65. The van der Waals surface area contributed by atoms with Crippen molar-refractivity contribution in [2.24, 2.45) is 22.2 Å². The molecule has 188 valence electrons. The van der Waals surface area contributed by atoms with Crippen LogP contribution in [0.3, 0.4) is 0 Å². The van der Waals surface area contributed by atoms with Crippen LogP contribution in [0.25, 0.3) is 10.9 Å². The van der Waals surface area contributed by atoms with Gasteiger partial charge in [0.25, 0.3) is 0 Å². The first-order valence-electron chi connectivity index (χ1n) is 13.7. The van der Waals surface area contributed by atoms with Gasteiger partial charge in [-0.1, -0.05) is 26.0 Å². The molecule has 1 amide bonds. The number of rotatable bonds is 5. The zero-order valence-corrected chi connectivity index (χ0v) is 21.6. The number of anilines is 1. The molecule has 8 rings (SSSR count). The van der Waals surface area contributed by atoms with Gasteiger partial charge in [-0.15, -0.1) is 0 Å².